The van der Waals surface area contributed by atoms with Crippen LogP contribution in [0.3, 0.4) is 0 Å². The van der Waals surface area contributed by atoms with Gasteiger partial charge < -0.3 is 30.2 Å². The molecule has 0 spiro atoms. The second-order valence-electron chi connectivity index (χ2n) is 10.0. The van der Waals surface area contributed by atoms with Gasteiger partial charge in [-0.2, -0.15) is 0 Å². The SMILES string of the molecule is CN1C=C2C(=O)N(C3CCN(C(=O)[C@H](NC(=O)Nc4ccc(Cl)cc4)C(C)(C)S(C)=O)CC3)CN2C1. The van der Waals surface area contributed by atoms with Gasteiger partial charge in [0.1, 0.15) is 11.7 Å². The van der Waals surface area contributed by atoms with Gasteiger partial charge in [-0.1, -0.05) is 11.6 Å². The molecule has 1 unspecified atom stereocenters. The summed E-state index contributed by atoms with van der Waals surface area (Å²) in [6, 6.07) is 5.11. The van der Waals surface area contributed by atoms with Gasteiger partial charge in [-0.25, -0.2) is 4.79 Å². The van der Waals surface area contributed by atoms with E-state index in [1.807, 2.05) is 23.0 Å². The van der Waals surface area contributed by atoms with Crippen molar-refractivity contribution in [1.29, 1.82) is 0 Å². The lowest BCUT2D eigenvalue weighted by atomic mass is 9.98. The number of piperidine rings is 1. The van der Waals surface area contributed by atoms with Gasteiger partial charge in [-0.05, 0) is 51.0 Å². The zero-order valence-electron chi connectivity index (χ0n) is 21.0. The second kappa shape index (κ2) is 10.3. The Morgan fingerprint density at radius 1 is 1.14 bits per heavy atom. The summed E-state index contributed by atoms with van der Waals surface area (Å²) in [5, 5.41) is 6.00. The summed E-state index contributed by atoms with van der Waals surface area (Å²) in [5.41, 5.74) is 1.25. The van der Waals surface area contributed by atoms with Crippen LogP contribution in [0.2, 0.25) is 5.02 Å². The Labute approximate surface area is 219 Å². The fraction of sp³-hybridized carbons (Fsp3) is 0.542. The molecule has 4 rings (SSSR count). The summed E-state index contributed by atoms with van der Waals surface area (Å²) in [7, 11) is 0.550. The maximum atomic E-state index is 13.6. The predicted octanol–water partition coefficient (Wildman–Crippen LogP) is 1.82. The van der Waals surface area contributed by atoms with E-state index in [1.165, 1.54) is 6.26 Å². The van der Waals surface area contributed by atoms with E-state index in [0.717, 1.165) is 5.70 Å². The van der Waals surface area contributed by atoms with Crippen molar-refractivity contribution in [2.24, 2.45) is 0 Å². The highest BCUT2D eigenvalue weighted by Crippen LogP contribution is 2.30. The van der Waals surface area contributed by atoms with Gasteiger partial charge in [-0.3, -0.25) is 13.8 Å². The maximum Gasteiger partial charge on any atom is 0.319 e. The minimum Gasteiger partial charge on any atom is -0.361 e. The lowest BCUT2D eigenvalue weighted by Gasteiger charge is -2.40. The normalized spacial score (nSPS) is 20.2. The third-order valence-electron chi connectivity index (χ3n) is 7.16. The highest BCUT2D eigenvalue weighted by molar-refractivity contribution is 7.85. The van der Waals surface area contributed by atoms with Crippen LogP contribution in [0.1, 0.15) is 26.7 Å². The number of carbonyl (C=O) groups is 3. The van der Waals surface area contributed by atoms with E-state index < -0.39 is 27.6 Å². The largest absolute Gasteiger partial charge is 0.361 e. The molecule has 0 saturated carbocycles. The molecule has 1 aromatic rings. The van der Waals surface area contributed by atoms with Gasteiger partial charge in [0.2, 0.25) is 5.91 Å². The molecule has 12 heteroatoms. The molecule has 3 heterocycles. The molecule has 2 fully saturated rings. The number of hydrogen-bond acceptors (Lipinski definition) is 6. The smallest absolute Gasteiger partial charge is 0.319 e. The molecule has 10 nitrogen and oxygen atoms in total. The van der Waals surface area contributed by atoms with Gasteiger partial charge in [0, 0.05) is 60.1 Å². The summed E-state index contributed by atoms with van der Waals surface area (Å²) in [6.45, 7) is 5.59. The molecule has 196 valence electrons. The average molecular weight is 537 g/mol. The minimum absolute atomic E-state index is 0.0325. The van der Waals surface area contributed by atoms with Crippen molar-refractivity contribution in [2.75, 3.05) is 45.0 Å². The number of nitrogens with zero attached hydrogens (tertiary/aromatic N) is 4. The predicted molar refractivity (Wildman–Crippen MR) is 139 cm³/mol. The standard InChI is InChI=1S/C24H33ClN6O4S/c1-24(2,36(4)35)20(27-23(34)26-17-7-5-16(25)6-8-17)22(33)29-11-9-18(10-12-29)31-15-30-14-28(3)13-19(30)21(31)32/h5-8,13,18,20H,9-12,14-15H2,1-4H3,(H2,26,27,34)/t20-,36?/m0/s1. The van der Waals surface area contributed by atoms with Crippen LogP contribution in [-0.2, 0) is 20.4 Å². The maximum absolute atomic E-state index is 13.6. The van der Waals surface area contributed by atoms with E-state index in [-0.39, 0.29) is 17.9 Å². The van der Waals surface area contributed by atoms with Crippen LogP contribution in [-0.4, -0.2) is 98.2 Å². The van der Waals surface area contributed by atoms with Crippen molar-refractivity contribution in [3.8, 4) is 0 Å². The number of fused-ring (bicyclic) bond motifs is 1. The highest BCUT2D eigenvalue weighted by Gasteiger charge is 2.44. The van der Waals surface area contributed by atoms with Crippen molar-refractivity contribution >= 4 is 45.9 Å². The van der Waals surface area contributed by atoms with Crippen LogP contribution in [0.25, 0.3) is 0 Å². The molecule has 0 aromatic heterocycles. The molecule has 2 N–H and O–H groups in total. The Balaban J connectivity index is 1.40. The van der Waals surface area contributed by atoms with Gasteiger partial charge in [0.25, 0.3) is 5.91 Å². The van der Waals surface area contributed by atoms with Crippen LogP contribution >= 0.6 is 11.6 Å². The number of urea groups is 1. The Bertz CT molecular complexity index is 1090. The molecular formula is C24H33ClN6O4S. The van der Waals surface area contributed by atoms with E-state index in [0.29, 0.717) is 50.0 Å². The van der Waals surface area contributed by atoms with Gasteiger partial charge in [-0.15, -0.1) is 0 Å². The van der Waals surface area contributed by atoms with Crippen molar-refractivity contribution < 1.29 is 18.6 Å². The van der Waals surface area contributed by atoms with Crippen LogP contribution in [0, 0.1) is 0 Å². The van der Waals surface area contributed by atoms with Crippen molar-refractivity contribution in [1.82, 2.24) is 24.9 Å². The van der Waals surface area contributed by atoms with E-state index in [1.54, 1.807) is 43.0 Å². The molecule has 3 aliphatic heterocycles. The number of hydrogen-bond donors (Lipinski definition) is 2. The second-order valence-corrected chi connectivity index (χ2v) is 12.4. The molecule has 1 aromatic carbocycles. The summed E-state index contributed by atoms with van der Waals surface area (Å²) < 4.78 is 11.5. The Hall–Kier alpha value is -2.79. The Morgan fingerprint density at radius 3 is 2.36 bits per heavy atom. The number of benzene rings is 1. The number of amides is 4. The zero-order chi connectivity index (χ0) is 26.2. The van der Waals surface area contributed by atoms with Crippen LogP contribution in [0.4, 0.5) is 10.5 Å². The minimum atomic E-state index is -1.39. The third-order valence-corrected chi connectivity index (χ3v) is 9.13. The van der Waals surface area contributed by atoms with E-state index in [4.69, 9.17) is 11.6 Å². The third kappa shape index (κ3) is 5.31. The van der Waals surface area contributed by atoms with E-state index in [9.17, 15) is 18.6 Å². The fourth-order valence-corrected chi connectivity index (χ4v) is 5.39. The number of carbonyl (C=O) groups excluding carboxylic acids is 3. The highest BCUT2D eigenvalue weighted by atomic mass is 35.5. The van der Waals surface area contributed by atoms with Crippen LogP contribution in [0.5, 0.6) is 0 Å². The summed E-state index contributed by atoms with van der Waals surface area (Å²) >= 11 is 5.90. The molecule has 4 amide bonds. The van der Waals surface area contributed by atoms with Crippen LogP contribution < -0.4 is 10.6 Å². The first kappa shape index (κ1) is 26.3. The van der Waals surface area contributed by atoms with Gasteiger partial charge >= 0.3 is 6.03 Å². The Kier molecular flexibility index (Phi) is 7.51. The monoisotopic (exact) mass is 536 g/mol. The van der Waals surface area contributed by atoms with E-state index >= 15 is 0 Å². The molecule has 3 aliphatic rings. The number of anilines is 1. The summed E-state index contributed by atoms with van der Waals surface area (Å²) in [5.74, 6) is -0.248. The molecular weight excluding hydrogens is 504 g/mol. The molecule has 36 heavy (non-hydrogen) atoms. The average Bonchev–Trinajstić information content (AvgIpc) is 3.35. The molecule has 2 saturated heterocycles. The quantitative estimate of drug-likeness (QED) is 0.574. The Morgan fingerprint density at radius 2 is 1.78 bits per heavy atom. The first-order valence-corrected chi connectivity index (χ1v) is 13.8. The van der Waals surface area contributed by atoms with Crippen molar-refractivity contribution in [2.45, 2.75) is 43.5 Å². The first-order chi connectivity index (χ1) is 17.0. The van der Waals surface area contributed by atoms with Crippen molar-refractivity contribution in [3.05, 3.63) is 41.2 Å². The van der Waals surface area contributed by atoms with Gasteiger partial charge in [0.05, 0.1) is 18.1 Å². The van der Waals surface area contributed by atoms with Crippen LogP contribution in [0.15, 0.2) is 36.2 Å². The summed E-state index contributed by atoms with van der Waals surface area (Å²) in [6.07, 6.45) is 4.70. The fourth-order valence-electron chi connectivity index (χ4n) is 4.78. The van der Waals surface area contributed by atoms with Gasteiger partial charge in [0.15, 0.2) is 0 Å². The topological polar surface area (TPSA) is 105 Å². The molecule has 0 aliphatic carbocycles. The lowest BCUT2D eigenvalue weighted by molar-refractivity contribution is -0.136. The number of likely N-dealkylation sites (tertiary alicyclic amines) is 1. The van der Waals surface area contributed by atoms with E-state index in [2.05, 4.69) is 15.5 Å². The summed E-state index contributed by atoms with van der Waals surface area (Å²) in [4.78, 5) is 46.9. The first-order valence-electron chi connectivity index (χ1n) is 11.9. The number of nitrogens with one attached hydrogen (secondary N) is 2. The number of halogens is 1. The lowest BCUT2D eigenvalue weighted by Crippen LogP contribution is -2.62. The molecule has 0 radical (unpaired) electrons. The molecule has 2 atom stereocenters. The molecule has 0 bridgehead atoms. The number of rotatable bonds is 6. The van der Waals surface area contributed by atoms with Crippen molar-refractivity contribution in [3.63, 3.8) is 0 Å². The zero-order valence-corrected chi connectivity index (χ0v) is 22.6.